The van der Waals surface area contributed by atoms with E-state index in [9.17, 15) is 37.9 Å². The molecule has 0 radical (unpaired) electrons. The van der Waals surface area contributed by atoms with E-state index >= 15 is 0 Å². The molecule has 0 saturated carbocycles. The number of β-lactam (4-membered cyclic amide) rings is 1. The number of hydrogen-bond donors (Lipinski definition) is 3. The minimum atomic E-state index is -3.82. The van der Waals surface area contributed by atoms with Crippen molar-refractivity contribution in [3.8, 4) is 11.5 Å². The van der Waals surface area contributed by atoms with Gasteiger partial charge in [0, 0.05) is 6.20 Å². The fourth-order valence-electron chi connectivity index (χ4n) is 4.20. The van der Waals surface area contributed by atoms with E-state index in [4.69, 9.17) is 9.47 Å². The Morgan fingerprint density at radius 2 is 1.81 bits per heavy atom. The Balaban J connectivity index is 1.35. The number of urea groups is 1. The number of anilines is 1. The van der Waals surface area contributed by atoms with Crippen molar-refractivity contribution in [1.82, 2.24) is 15.2 Å². The first-order valence-electron chi connectivity index (χ1n) is 12.6. The fourth-order valence-corrected chi connectivity index (χ4v) is 4.20. The standard InChI is InChI=1S/C26H26F2N4O10/c1-12(2)23(36)39-11-40-25(38)31-19-9-14(6-7-29-19)8-16-20(22(34)35)32(21(16)33)24(37)30-13(3)15-4-5-17-18(10-15)42-26(27,28)41-17/h4-7,9-10,12-13,16,20H,8,11H2,1-3H3,(H,30,37)(H,34,35)(H,29,31,38). The van der Waals surface area contributed by atoms with Gasteiger partial charge in [-0.2, -0.15) is 0 Å². The number of amides is 4. The molecular formula is C26H26F2N4O10. The zero-order chi connectivity index (χ0) is 30.8. The summed E-state index contributed by atoms with van der Waals surface area (Å²) in [4.78, 5) is 65.7. The maximum atomic E-state index is 13.3. The summed E-state index contributed by atoms with van der Waals surface area (Å²) in [7, 11) is 0. The predicted octanol–water partition coefficient (Wildman–Crippen LogP) is 3.03. The SMILES string of the molecule is CC(C)C(=O)OCOC(=O)Nc1cc(CC2C(=O)N(C(=O)NC(C)c3ccc4c(c3)OC(F)(F)O4)C2C(=O)O)ccn1. The lowest BCUT2D eigenvalue weighted by molar-refractivity contribution is -0.286. The van der Waals surface area contributed by atoms with Crippen molar-refractivity contribution >= 4 is 35.8 Å². The molecule has 0 bridgehead atoms. The number of fused-ring (bicyclic) bond motifs is 1. The van der Waals surface area contributed by atoms with Gasteiger partial charge in [0.15, 0.2) is 17.5 Å². The number of likely N-dealkylation sites (tertiary alicyclic amines) is 1. The van der Waals surface area contributed by atoms with Crippen LogP contribution in [0.15, 0.2) is 36.5 Å². The largest absolute Gasteiger partial charge is 0.586 e. The highest BCUT2D eigenvalue weighted by Gasteiger charge is 2.55. The minimum Gasteiger partial charge on any atom is -0.480 e. The topological polar surface area (TPSA) is 183 Å². The van der Waals surface area contributed by atoms with Crippen LogP contribution in [0.25, 0.3) is 0 Å². The molecule has 1 fully saturated rings. The van der Waals surface area contributed by atoms with Crippen LogP contribution in [0.1, 0.15) is 37.9 Å². The molecule has 2 aliphatic rings. The van der Waals surface area contributed by atoms with Gasteiger partial charge in [-0.25, -0.2) is 24.3 Å². The number of benzene rings is 1. The van der Waals surface area contributed by atoms with Crippen molar-refractivity contribution in [3.05, 3.63) is 47.7 Å². The summed E-state index contributed by atoms with van der Waals surface area (Å²) >= 11 is 0. The Kier molecular flexibility index (Phi) is 8.44. The Labute approximate surface area is 236 Å². The number of ether oxygens (including phenoxy) is 4. The molecule has 14 nitrogen and oxygen atoms in total. The predicted molar refractivity (Wildman–Crippen MR) is 135 cm³/mol. The summed E-state index contributed by atoms with van der Waals surface area (Å²) in [5.41, 5.74) is 0.773. The van der Waals surface area contributed by atoms with E-state index in [1.54, 1.807) is 13.8 Å². The second-order valence-electron chi connectivity index (χ2n) is 9.69. The first-order valence-corrected chi connectivity index (χ1v) is 12.6. The van der Waals surface area contributed by atoms with Gasteiger partial charge in [0.05, 0.1) is 17.9 Å². The monoisotopic (exact) mass is 592 g/mol. The third-order valence-corrected chi connectivity index (χ3v) is 6.32. The van der Waals surface area contributed by atoms with Crippen molar-refractivity contribution < 1.29 is 56.8 Å². The quantitative estimate of drug-likeness (QED) is 0.221. The molecule has 2 aromatic rings. The average Bonchev–Trinajstić information content (AvgIpc) is 3.22. The second-order valence-corrected chi connectivity index (χ2v) is 9.69. The van der Waals surface area contributed by atoms with Crippen molar-refractivity contribution in [2.45, 2.75) is 45.6 Å². The molecule has 2 aliphatic heterocycles. The van der Waals surface area contributed by atoms with Gasteiger partial charge in [0.1, 0.15) is 5.82 Å². The molecule has 1 saturated heterocycles. The van der Waals surface area contributed by atoms with Gasteiger partial charge in [-0.15, -0.1) is 8.78 Å². The van der Waals surface area contributed by atoms with Crippen LogP contribution < -0.4 is 20.1 Å². The van der Waals surface area contributed by atoms with Gasteiger partial charge in [0.2, 0.25) is 12.7 Å². The number of halogens is 2. The number of imide groups is 1. The van der Waals surface area contributed by atoms with Crippen molar-refractivity contribution in [2.75, 3.05) is 12.1 Å². The van der Waals surface area contributed by atoms with Crippen molar-refractivity contribution in [2.24, 2.45) is 11.8 Å². The number of aliphatic carboxylic acids is 1. The van der Waals surface area contributed by atoms with Crippen LogP contribution in [0.2, 0.25) is 0 Å². The zero-order valence-electron chi connectivity index (χ0n) is 22.5. The molecule has 3 N–H and O–H groups in total. The molecular weight excluding hydrogens is 566 g/mol. The fraction of sp³-hybridized carbons (Fsp3) is 0.385. The van der Waals surface area contributed by atoms with E-state index in [0.29, 0.717) is 16.0 Å². The molecule has 3 atom stereocenters. The van der Waals surface area contributed by atoms with Crippen LogP contribution in [0.4, 0.5) is 24.2 Å². The van der Waals surface area contributed by atoms with Crippen LogP contribution in [-0.4, -0.2) is 64.1 Å². The summed E-state index contributed by atoms with van der Waals surface area (Å²) in [6.45, 7) is 4.12. The lowest BCUT2D eigenvalue weighted by atomic mass is 9.82. The van der Waals surface area contributed by atoms with Gasteiger partial charge >= 0.3 is 30.4 Å². The van der Waals surface area contributed by atoms with Crippen LogP contribution in [0.5, 0.6) is 11.5 Å². The van der Waals surface area contributed by atoms with Gasteiger partial charge in [-0.3, -0.25) is 14.9 Å². The number of alkyl halides is 2. The number of carbonyl (C=O) groups is 5. The highest BCUT2D eigenvalue weighted by molar-refractivity contribution is 6.07. The smallest absolute Gasteiger partial charge is 0.480 e. The number of hydrogen-bond acceptors (Lipinski definition) is 10. The van der Waals surface area contributed by atoms with Gasteiger partial charge in [-0.1, -0.05) is 19.9 Å². The summed E-state index contributed by atoms with van der Waals surface area (Å²) < 4.78 is 44.9. The van der Waals surface area contributed by atoms with Gasteiger partial charge < -0.3 is 29.4 Å². The maximum Gasteiger partial charge on any atom is 0.586 e. The van der Waals surface area contributed by atoms with Crippen LogP contribution >= 0.6 is 0 Å². The average molecular weight is 593 g/mol. The normalized spacial score (nSPS) is 19.0. The lowest BCUT2D eigenvalue weighted by Gasteiger charge is -2.43. The number of pyridine rings is 1. The molecule has 16 heteroatoms. The number of nitrogens with zero attached hydrogens (tertiary/aromatic N) is 2. The first-order chi connectivity index (χ1) is 19.8. The highest BCUT2D eigenvalue weighted by Crippen LogP contribution is 2.42. The maximum absolute atomic E-state index is 13.3. The zero-order valence-corrected chi connectivity index (χ0v) is 22.5. The third kappa shape index (κ3) is 6.64. The Hall–Kier alpha value is -5.02. The van der Waals surface area contributed by atoms with Crippen LogP contribution in [0, 0.1) is 11.8 Å². The Bertz CT molecular complexity index is 1420. The molecule has 0 spiro atoms. The molecule has 4 amide bonds. The number of carbonyl (C=O) groups excluding carboxylic acids is 4. The van der Waals surface area contributed by atoms with E-state index in [2.05, 4.69) is 25.1 Å². The van der Waals surface area contributed by atoms with E-state index < -0.39 is 67.0 Å². The van der Waals surface area contributed by atoms with E-state index in [1.807, 2.05) is 0 Å². The van der Waals surface area contributed by atoms with Gasteiger partial charge in [-0.05, 0) is 48.7 Å². The Morgan fingerprint density at radius 1 is 1.10 bits per heavy atom. The van der Waals surface area contributed by atoms with E-state index in [0.717, 1.165) is 0 Å². The van der Waals surface area contributed by atoms with Crippen molar-refractivity contribution in [3.63, 3.8) is 0 Å². The third-order valence-electron chi connectivity index (χ3n) is 6.32. The number of carboxylic acids is 1. The van der Waals surface area contributed by atoms with Crippen LogP contribution in [-0.2, 0) is 30.3 Å². The van der Waals surface area contributed by atoms with E-state index in [1.165, 1.54) is 43.5 Å². The number of esters is 1. The molecule has 1 aromatic carbocycles. The highest BCUT2D eigenvalue weighted by atomic mass is 19.3. The van der Waals surface area contributed by atoms with Gasteiger partial charge in [0.25, 0.3) is 0 Å². The summed E-state index contributed by atoms with van der Waals surface area (Å²) in [5, 5.41) is 14.6. The number of nitrogens with one attached hydrogen (secondary N) is 2. The summed E-state index contributed by atoms with van der Waals surface area (Å²) in [6, 6.07) is 3.47. The van der Waals surface area contributed by atoms with Crippen molar-refractivity contribution in [1.29, 1.82) is 0 Å². The molecule has 4 rings (SSSR count). The minimum absolute atomic E-state index is 0.0243. The molecule has 0 aliphatic carbocycles. The van der Waals surface area contributed by atoms with Crippen LogP contribution in [0.3, 0.4) is 0 Å². The molecule has 42 heavy (non-hydrogen) atoms. The number of aromatic nitrogens is 1. The summed E-state index contributed by atoms with van der Waals surface area (Å²) in [5.74, 6) is -4.64. The molecule has 224 valence electrons. The second kappa shape index (κ2) is 11.8. The van der Waals surface area contributed by atoms with E-state index in [-0.39, 0.29) is 23.7 Å². The first kappa shape index (κ1) is 30.0. The number of carboxylic acid groups (broad SMARTS) is 1. The molecule has 3 unspecified atom stereocenters. The summed E-state index contributed by atoms with van der Waals surface area (Å²) in [6.07, 6.45) is -3.56. The molecule has 3 heterocycles. The molecule has 1 aromatic heterocycles. The Morgan fingerprint density at radius 3 is 2.50 bits per heavy atom. The lowest BCUT2D eigenvalue weighted by Crippen LogP contribution is -2.68. The number of rotatable bonds is 9.